The molecule has 0 saturated heterocycles. The maximum Gasteiger partial charge on any atom is 0.238 e. The lowest BCUT2D eigenvalue weighted by Gasteiger charge is -2.33. The highest BCUT2D eigenvalue weighted by atomic mass is 16.2. The molecule has 1 aromatic rings. The minimum Gasteiger partial charge on any atom is -0.325 e. The van der Waals surface area contributed by atoms with Gasteiger partial charge in [0.2, 0.25) is 5.91 Å². The zero-order chi connectivity index (χ0) is 15.2. The van der Waals surface area contributed by atoms with Crippen LogP contribution < -0.4 is 5.32 Å². The number of hydrogen-bond donors (Lipinski definition) is 1. The van der Waals surface area contributed by atoms with Crippen molar-refractivity contribution in [2.24, 2.45) is 5.92 Å². The molecule has 1 aliphatic carbocycles. The number of carbonyl (C=O) groups is 1. The molecule has 1 aliphatic rings. The topological polar surface area (TPSA) is 32.3 Å². The van der Waals surface area contributed by atoms with E-state index in [0.717, 1.165) is 18.0 Å². The van der Waals surface area contributed by atoms with Crippen LogP contribution in [0.1, 0.15) is 45.1 Å². The van der Waals surface area contributed by atoms with Gasteiger partial charge in [0.15, 0.2) is 0 Å². The molecule has 0 heterocycles. The minimum absolute atomic E-state index is 0.0945. The Bertz CT molecular complexity index is 464. The second-order valence-corrected chi connectivity index (χ2v) is 6.39. The van der Waals surface area contributed by atoms with Crippen molar-refractivity contribution in [1.29, 1.82) is 0 Å². The van der Waals surface area contributed by atoms with Crippen molar-refractivity contribution in [3.63, 3.8) is 0 Å². The molecule has 116 valence electrons. The number of para-hydroxylation sites is 1. The lowest BCUT2D eigenvalue weighted by molar-refractivity contribution is -0.117. The maximum atomic E-state index is 12.2. The Labute approximate surface area is 128 Å². The van der Waals surface area contributed by atoms with E-state index in [2.05, 4.69) is 37.2 Å². The van der Waals surface area contributed by atoms with Crippen LogP contribution >= 0.6 is 0 Å². The molecule has 0 aliphatic heterocycles. The van der Waals surface area contributed by atoms with Gasteiger partial charge in [-0.3, -0.25) is 9.69 Å². The van der Waals surface area contributed by atoms with Crippen molar-refractivity contribution in [2.75, 3.05) is 18.9 Å². The average molecular weight is 288 g/mol. The van der Waals surface area contributed by atoms with E-state index in [0.29, 0.717) is 12.6 Å². The minimum atomic E-state index is 0.0945. The van der Waals surface area contributed by atoms with Crippen LogP contribution in [0.2, 0.25) is 0 Å². The predicted molar refractivity (Wildman–Crippen MR) is 88.5 cm³/mol. The van der Waals surface area contributed by atoms with Crippen LogP contribution in [0.4, 0.5) is 5.69 Å². The van der Waals surface area contributed by atoms with Gasteiger partial charge in [0.1, 0.15) is 0 Å². The summed E-state index contributed by atoms with van der Waals surface area (Å²) in [5, 5.41) is 3.06. The van der Waals surface area contributed by atoms with Gasteiger partial charge in [-0.25, -0.2) is 0 Å². The van der Waals surface area contributed by atoms with E-state index >= 15 is 0 Å². The van der Waals surface area contributed by atoms with Crippen molar-refractivity contribution in [2.45, 2.75) is 52.0 Å². The molecule has 0 radical (unpaired) electrons. The van der Waals surface area contributed by atoms with Gasteiger partial charge in [-0.15, -0.1) is 0 Å². The van der Waals surface area contributed by atoms with Crippen LogP contribution in [0.5, 0.6) is 0 Å². The van der Waals surface area contributed by atoms with Gasteiger partial charge < -0.3 is 5.32 Å². The molecule has 0 unspecified atom stereocenters. The van der Waals surface area contributed by atoms with Gasteiger partial charge in [0.05, 0.1) is 6.54 Å². The first-order valence-electron chi connectivity index (χ1n) is 8.18. The lowest BCUT2D eigenvalue weighted by atomic mass is 9.87. The fraction of sp³-hybridized carbons (Fsp3) is 0.611. The highest BCUT2D eigenvalue weighted by Gasteiger charge is 2.23. The van der Waals surface area contributed by atoms with Gasteiger partial charge in [0.25, 0.3) is 0 Å². The Morgan fingerprint density at radius 1 is 1.24 bits per heavy atom. The molecule has 0 bridgehead atoms. The summed E-state index contributed by atoms with van der Waals surface area (Å²) in [6.45, 7) is 4.92. The summed E-state index contributed by atoms with van der Waals surface area (Å²) in [5.41, 5.74) is 2.15. The molecular formula is C18H28N2O. The van der Waals surface area contributed by atoms with E-state index < -0.39 is 0 Å². The number of anilines is 1. The number of nitrogens with one attached hydrogen (secondary N) is 1. The number of carbonyl (C=O) groups excluding carboxylic acids is 1. The predicted octanol–water partition coefficient (Wildman–Crippen LogP) is 3.70. The lowest BCUT2D eigenvalue weighted by Crippen LogP contribution is -2.40. The summed E-state index contributed by atoms with van der Waals surface area (Å²) in [6, 6.07) is 8.61. The summed E-state index contributed by atoms with van der Waals surface area (Å²) in [4.78, 5) is 14.5. The van der Waals surface area contributed by atoms with Gasteiger partial charge in [-0.2, -0.15) is 0 Å². The Morgan fingerprint density at radius 3 is 2.57 bits per heavy atom. The van der Waals surface area contributed by atoms with Crippen molar-refractivity contribution < 1.29 is 4.79 Å². The van der Waals surface area contributed by atoms with E-state index in [1.54, 1.807) is 0 Å². The third-order valence-electron chi connectivity index (χ3n) is 4.67. The third kappa shape index (κ3) is 4.57. The zero-order valence-electron chi connectivity index (χ0n) is 13.6. The molecule has 0 spiro atoms. The van der Waals surface area contributed by atoms with E-state index in [-0.39, 0.29) is 5.91 Å². The Balaban J connectivity index is 1.86. The highest BCUT2D eigenvalue weighted by molar-refractivity contribution is 5.93. The number of benzene rings is 1. The van der Waals surface area contributed by atoms with Gasteiger partial charge in [-0.05, 0) is 56.7 Å². The summed E-state index contributed by atoms with van der Waals surface area (Å²) in [7, 11) is 2.08. The molecule has 0 aromatic heterocycles. The average Bonchev–Trinajstić information content (AvgIpc) is 2.48. The van der Waals surface area contributed by atoms with Crippen LogP contribution in [0.3, 0.4) is 0 Å². The second-order valence-electron chi connectivity index (χ2n) is 6.39. The molecule has 1 aromatic carbocycles. The summed E-state index contributed by atoms with van der Waals surface area (Å²) in [6.07, 6.45) is 5.95. The SMILES string of the molecule is CCc1ccccc1NC(=O)CN(C)C1CCC(C)CC1. The van der Waals surface area contributed by atoms with E-state index in [4.69, 9.17) is 0 Å². The number of amides is 1. The zero-order valence-corrected chi connectivity index (χ0v) is 13.6. The largest absolute Gasteiger partial charge is 0.325 e. The monoisotopic (exact) mass is 288 g/mol. The Morgan fingerprint density at radius 2 is 1.90 bits per heavy atom. The molecule has 1 fully saturated rings. The van der Waals surface area contributed by atoms with Crippen LogP contribution in [-0.2, 0) is 11.2 Å². The first kappa shape index (κ1) is 16.0. The summed E-state index contributed by atoms with van der Waals surface area (Å²) < 4.78 is 0. The Hall–Kier alpha value is -1.35. The molecule has 0 atom stereocenters. The molecule has 1 amide bonds. The molecule has 3 nitrogen and oxygen atoms in total. The fourth-order valence-corrected chi connectivity index (χ4v) is 3.18. The van der Waals surface area contributed by atoms with Crippen molar-refractivity contribution in [3.05, 3.63) is 29.8 Å². The fourth-order valence-electron chi connectivity index (χ4n) is 3.18. The smallest absolute Gasteiger partial charge is 0.238 e. The Kier molecular flexibility index (Phi) is 5.80. The highest BCUT2D eigenvalue weighted by Crippen LogP contribution is 2.26. The van der Waals surface area contributed by atoms with Crippen molar-refractivity contribution in [3.8, 4) is 0 Å². The number of aryl methyl sites for hydroxylation is 1. The first-order chi connectivity index (χ1) is 10.1. The van der Waals surface area contributed by atoms with Crippen LogP contribution in [-0.4, -0.2) is 30.4 Å². The molecule has 21 heavy (non-hydrogen) atoms. The first-order valence-corrected chi connectivity index (χ1v) is 8.18. The summed E-state index contributed by atoms with van der Waals surface area (Å²) in [5.74, 6) is 0.942. The van der Waals surface area contributed by atoms with Gasteiger partial charge >= 0.3 is 0 Å². The van der Waals surface area contributed by atoms with E-state index in [1.807, 2.05) is 18.2 Å². The maximum absolute atomic E-state index is 12.2. The van der Waals surface area contributed by atoms with Crippen LogP contribution in [0, 0.1) is 5.92 Å². The quantitative estimate of drug-likeness (QED) is 0.896. The second kappa shape index (κ2) is 7.60. The molecular weight excluding hydrogens is 260 g/mol. The van der Waals surface area contributed by atoms with E-state index in [1.165, 1.54) is 31.2 Å². The van der Waals surface area contributed by atoms with Crippen LogP contribution in [0.15, 0.2) is 24.3 Å². The number of hydrogen-bond acceptors (Lipinski definition) is 2. The van der Waals surface area contributed by atoms with Crippen molar-refractivity contribution >= 4 is 11.6 Å². The number of rotatable bonds is 5. The normalized spacial score (nSPS) is 22.3. The van der Waals surface area contributed by atoms with E-state index in [9.17, 15) is 4.79 Å². The number of likely N-dealkylation sites (N-methyl/N-ethyl adjacent to an activating group) is 1. The van der Waals surface area contributed by atoms with Gasteiger partial charge in [-0.1, -0.05) is 32.0 Å². The molecule has 3 heteroatoms. The van der Waals surface area contributed by atoms with Gasteiger partial charge in [0, 0.05) is 11.7 Å². The van der Waals surface area contributed by atoms with Crippen LogP contribution in [0.25, 0.3) is 0 Å². The third-order valence-corrected chi connectivity index (χ3v) is 4.67. The molecule has 1 N–H and O–H groups in total. The molecule has 2 rings (SSSR count). The molecule has 1 saturated carbocycles. The van der Waals surface area contributed by atoms with Crippen molar-refractivity contribution in [1.82, 2.24) is 4.90 Å². The standard InChI is InChI=1S/C18H28N2O/c1-4-15-7-5-6-8-17(15)19-18(21)13-20(3)16-11-9-14(2)10-12-16/h5-8,14,16H,4,9-13H2,1-3H3,(H,19,21). The number of nitrogens with zero attached hydrogens (tertiary/aromatic N) is 1. The summed E-state index contributed by atoms with van der Waals surface area (Å²) >= 11 is 0.